The van der Waals surface area contributed by atoms with E-state index in [1.54, 1.807) is 47.2 Å². The number of piperazine rings is 1. The first kappa shape index (κ1) is 22.1. The molecule has 0 saturated carbocycles. The molecule has 1 fully saturated rings. The first-order chi connectivity index (χ1) is 14.9. The van der Waals surface area contributed by atoms with Crippen LogP contribution in [0.5, 0.6) is 5.75 Å². The first-order valence-corrected chi connectivity index (χ1v) is 10.1. The van der Waals surface area contributed by atoms with Crippen LogP contribution in [0.2, 0.25) is 0 Å². The Bertz CT molecular complexity index is 970. The molecule has 0 unspecified atom stereocenters. The predicted molar refractivity (Wildman–Crippen MR) is 116 cm³/mol. The number of ether oxygens (including phenoxy) is 1. The molecule has 2 amide bonds. The maximum Gasteiger partial charge on any atom is 0.292 e. The van der Waals surface area contributed by atoms with Crippen molar-refractivity contribution in [3.63, 3.8) is 0 Å². The highest BCUT2D eigenvalue weighted by Crippen LogP contribution is 2.23. The molecular weight excluding hydrogens is 400 g/mol. The zero-order chi connectivity index (χ0) is 22.4. The van der Waals surface area contributed by atoms with Crippen molar-refractivity contribution in [3.05, 3.63) is 63.7 Å². The van der Waals surface area contributed by atoms with E-state index < -0.39 is 4.92 Å². The Morgan fingerprint density at radius 1 is 1.10 bits per heavy atom. The van der Waals surface area contributed by atoms with Crippen LogP contribution in [0.25, 0.3) is 0 Å². The number of methoxy groups -OCH3 is 1. The minimum absolute atomic E-state index is 0.0187. The Kier molecular flexibility index (Phi) is 7.07. The fraction of sp³-hybridized carbons (Fsp3) is 0.364. The van der Waals surface area contributed by atoms with E-state index in [0.29, 0.717) is 49.7 Å². The number of hydrogen-bond acceptors (Lipinski definition) is 6. The Morgan fingerprint density at radius 2 is 1.77 bits per heavy atom. The zero-order valence-corrected chi connectivity index (χ0v) is 17.7. The normalized spacial score (nSPS) is 13.6. The smallest absolute Gasteiger partial charge is 0.292 e. The molecule has 9 nitrogen and oxygen atoms in total. The van der Waals surface area contributed by atoms with E-state index in [1.165, 1.54) is 6.07 Å². The van der Waals surface area contributed by atoms with Crippen LogP contribution in [0.4, 0.5) is 11.4 Å². The van der Waals surface area contributed by atoms with Crippen molar-refractivity contribution in [1.29, 1.82) is 0 Å². The van der Waals surface area contributed by atoms with Gasteiger partial charge in [-0.25, -0.2) is 0 Å². The number of nitrogens with one attached hydrogen (secondary N) is 1. The summed E-state index contributed by atoms with van der Waals surface area (Å²) in [5.74, 6) is 0.546. The van der Waals surface area contributed by atoms with E-state index in [2.05, 4.69) is 5.32 Å². The molecule has 1 heterocycles. The summed E-state index contributed by atoms with van der Waals surface area (Å²) in [4.78, 5) is 39.3. The summed E-state index contributed by atoms with van der Waals surface area (Å²) in [7, 11) is 1.58. The first-order valence-electron chi connectivity index (χ1n) is 10.1. The van der Waals surface area contributed by atoms with Gasteiger partial charge in [0.25, 0.3) is 11.6 Å². The van der Waals surface area contributed by atoms with Crippen LogP contribution in [0, 0.1) is 17.0 Å². The Hall–Kier alpha value is -3.62. The molecule has 1 saturated heterocycles. The predicted octanol–water partition coefficient (Wildman–Crippen LogP) is 2.70. The number of para-hydroxylation sites is 2. The van der Waals surface area contributed by atoms with Gasteiger partial charge in [0, 0.05) is 50.8 Å². The number of amides is 2. The summed E-state index contributed by atoms with van der Waals surface area (Å²) in [6.45, 7) is 4.04. The number of hydrogen-bond donors (Lipinski definition) is 1. The van der Waals surface area contributed by atoms with E-state index >= 15 is 0 Å². The van der Waals surface area contributed by atoms with Gasteiger partial charge in [0.2, 0.25) is 5.91 Å². The molecule has 2 aromatic rings. The van der Waals surface area contributed by atoms with Gasteiger partial charge in [-0.3, -0.25) is 19.7 Å². The Labute approximate surface area is 180 Å². The second-order valence-corrected chi connectivity index (χ2v) is 7.31. The zero-order valence-electron chi connectivity index (χ0n) is 17.7. The van der Waals surface area contributed by atoms with Crippen molar-refractivity contribution < 1.29 is 19.2 Å². The minimum Gasteiger partial charge on any atom is -0.496 e. The molecule has 0 radical (unpaired) electrons. The highest BCUT2D eigenvalue weighted by Gasteiger charge is 2.25. The third-order valence-electron chi connectivity index (χ3n) is 5.33. The Morgan fingerprint density at radius 3 is 2.45 bits per heavy atom. The van der Waals surface area contributed by atoms with E-state index in [-0.39, 0.29) is 23.9 Å². The number of nitrogens with zero attached hydrogens (tertiary/aromatic N) is 3. The standard InChI is InChI=1S/C22H26N4O5/c1-16-7-8-17(15-20(16)31-2)22(28)25-13-11-24(12-14-25)21(27)9-10-23-18-5-3-4-6-19(18)26(29)30/h3-8,15,23H,9-14H2,1-2H3. The second kappa shape index (κ2) is 9.92. The number of carbonyl (C=O) groups is 2. The van der Waals surface area contributed by atoms with Gasteiger partial charge in [-0.1, -0.05) is 18.2 Å². The van der Waals surface area contributed by atoms with Gasteiger partial charge >= 0.3 is 0 Å². The molecule has 1 aliphatic rings. The van der Waals surface area contributed by atoms with Crippen LogP contribution in [0.3, 0.4) is 0 Å². The molecule has 1 aliphatic heterocycles. The summed E-state index contributed by atoms with van der Waals surface area (Å²) in [6.07, 6.45) is 0.217. The molecule has 2 aromatic carbocycles. The van der Waals surface area contributed by atoms with Crippen LogP contribution in [-0.2, 0) is 4.79 Å². The second-order valence-electron chi connectivity index (χ2n) is 7.31. The number of nitro benzene ring substituents is 1. The SMILES string of the molecule is COc1cc(C(=O)N2CCN(C(=O)CCNc3ccccc3[N+](=O)[O-])CC2)ccc1C. The molecule has 9 heteroatoms. The third kappa shape index (κ3) is 5.30. The molecule has 31 heavy (non-hydrogen) atoms. The largest absolute Gasteiger partial charge is 0.496 e. The summed E-state index contributed by atoms with van der Waals surface area (Å²) < 4.78 is 5.29. The lowest BCUT2D eigenvalue weighted by Crippen LogP contribution is -2.50. The van der Waals surface area contributed by atoms with Gasteiger partial charge in [-0.2, -0.15) is 0 Å². The van der Waals surface area contributed by atoms with Crippen molar-refractivity contribution in [2.24, 2.45) is 0 Å². The highest BCUT2D eigenvalue weighted by molar-refractivity contribution is 5.95. The molecular formula is C22H26N4O5. The fourth-order valence-corrected chi connectivity index (χ4v) is 3.54. The van der Waals surface area contributed by atoms with Crippen molar-refractivity contribution in [3.8, 4) is 5.75 Å². The maximum atomic E-state index is 12.8. The number of rotatable bonds is 7. The number of aryl methyl sites for hydroxylation is 1. The van der Waals surface area contributed by atoms with Crippen LogP contribution in [0.15, 0.2) is 42.5 Å². The summed E-state index contributed by atoms with van der Waals surface area (Å²) >= 11 is 0. The van der Waals surface area contributed by atoms with E-state index in [1.807, 2.05) is 13.0 Å². The molecule has 0 aliphatic carbocycles. The lowest BCUT2D eigenvalue weighted by Gasteiger charge is -2.35. The van der Waals surface area contributed by atoms with Gasteiger partial charge in [-0.15, -0.1) is 0 Å². The third-order valence-corrected chi connectivity index (χ3v) is 5.33. The average molecular weight is 426 g/mol. The molecule has 0 bridgehead atoms. The van der Waals surface area contributed by atoms with E-state index in [4.69, 9.17) is 4.74 Å². The molecule has 0 atom stereocenters. The summed E-state index contributed by atoms with van der Waals surface area (Å²) in [5.41, 5.74) is 1.90. The maximum absolute atomic E-state index is 12.8. The van der Waals surface area contributed by atoms with Crippen molar-refractivity contribution in [2.75, 3.05) is 45.2 Å². The highest BCUT2D eigenvalue weighted by atomic mass is 16.6. The summed E-state index contributed by atoms with van der Waals surface area (Å²) in [5, 5.41) is 14.0. The van der Waals surface area contributed by atoms with Crippen molar-refractivity contribution >= 4 is 23.2 Å². The van der Waals surface area contributed by atoms with E-state index in [0.717, 1.165) is 5.56 Å². The van der Waals surface area contributed by atoms with Crippen LogP contribution in [-0.4, -0.2) is 66.4 Å². The molecule has 0 aromatic heterocycles. The number of carbonyl (C=O) groups excluding carboxylic acids is 2. The molecule has 3 rings (SSSR count). The quantitative estimate of drug-likeness (QED) is 0.539. The Balaban J connectivity index is 1.49. The number of benzene rings is 2. The van der Waals surface area contributed by atoms with Gasteiger partial charge in [0.05, 0.1) is 12.0 Å². The van der Waals surface area contributed by atoms with Gasteiger partial charge in [-0.05, 0) is 30.7 Å². The lowest BCUT2D eigenvalue weighted by atomic mass is 10.1. The van der Waals surface area contributed by atoms with Crippen LogP contribution >= 0.6 is 0 Å². The number of nitro groups is 1. The fourth-order valence-electron chi connectivity index (χ4n) is 3.54. The summed E-state index contributed by atoms with van der Waals surface area (Å²) in [6, 6.07) is 11.7. The van der Waals surface area contributed by atoms with Gasteiger partial charge in [0.15, 0.2) is 0 Å². The topological polar surface area (TPSA) is 105 Å². The van der Waals surface area contributed by atoms with Crippen LogP contribution in [0.1, 0.15) is 22.3 Å². The lowest BCUT2D eigenvalue weighted by molar-refractivity contribution is -0.384. The average Bonchev–Trinajstić information content (AvgIpc) is 2.79. The number of anilines is 1. The minimum atomic E-state index is -0.454. The van der Waals surface area contributed by atoms with Crippen LogP contribution < -0.4 is 10.1 Å². The van der Waals surface area contributed by atoms with E-state index in [9.17, 15) is 19.7 Å². The monoisotopic (exact) mass is 426 g/mol. The molecule has 0 spiro atoms. The molecule has 1 N–H and O–H groups in total. The van der Waals surface area contributed by atoms with Gasteiger partial charge in [0.1, 0.15) is 11.4 Å². The van der Waals surface area contributed by atoms with Crippen molar-refractivity contribution in [1.82, 2.24) is 9.80 Å². The van der Waals surface area contributed by atoms with Crippen molar-refractivity contribution in [2.45, 2.75) is 13.3 Å². The molecule has 164 valence electrons. The van der Waals surface area contributed by atoms with Gasteiger partial charge < -0.3 is 19.9 Å².